The van der Waals surface area contributed by atoms with Crippen LogP contribution in [0.1, 0.15) is 35.8 Å². The van der Waals surface area contributed by atoms with Gasteiger partial charge in [-0.3, -0.25) is 4.90 Å². The molecule has 0 amide bonds. The number of fused-ring (bicyclic) bond motifs is 3. The third kappa shape index (κ3) is 3.80. The number of nitrogens with one attached hydrogen (secondary N) is 2. The Morgan fingerprint density at radius 1 is 1.27 bits per heavy atom. The summed E-state index contributed by atoms with van der Waals surface area (Å²) in [5.41, 5.74) is 4.70. The third-order valence-corrected chi connectivity index (χ3v) is 6.92. The number of ether oxygens (including phenoxy) is 1. The summed E-state index contributed by atoms with van der Waals surface area (Å²) in [6.07, 6.45) is 3.46. The fraction of sp³-hybridized carbons (Fsp3) is 0.435. The number of benzene rings is 1. The van der Waals surface area contributed by atoms with Crippen molar-refractivity contribution in [1.29, 1.82) is 0 Å². The molecule has 5 rings (SSSR count). The van der Waals surface area contributed by atoms with E-state index in [9.17, 15) is 0 Å². The Morgan fingerprint density at radius 3 is 2.97 bits per heavy atom. The highest BCUT2D eigenvalue weighted by molar-refractivity contribution is 6.31. The topological polar surface area (TPSA) is 53.2 Å². The summed E-state index contributed by atoms with van der Waals surface area (Å²) < 4.78 is 6.16. The summed E-state index contributed by atoms with van der Waals surface area (Å²) in [6, 6.07) is 10.2. The van der Waals surface area contributed by atoms with Gasteiger partial charge in [0.25, 0.3) is 0 Å². The summed E-state index contributed by atoms with van der Waals surface area (Å²) in [4.78, 5) is 10.8. The Morgan fingerprint density at radius 2 is 2.17 bits per heavy atom. The van der Waals surface area contributed by atoms with Gasteiger partial charge in [0.05, 0.1) is 22.9 Å². The fourth-order valence-electron chi connectivity index (χ4n) is 4.83. The van der Waals surface area contributed by atoms with E-state index in [0.29, 0.717) is 5.02 Å². The zero-order valence-corrected chi connectivity index (χ0v) is 18.6. The van der Waals surface area contributed by atoms with Crippen LogP contribution in [0, 0.1) is 6.92 Å². The first-order chi connectivity index (χ1) is 14.6. The van der Waals surface area contributed by atoms with Crippen LogP contribution in [0.25, 0.3) is 10.9 Å². The third-order valence-electron chi connectivity index (χ3n) is 6.28. The van der Waals surface area contributed by atoms with Crippen molar-refractivity contribution in [3.05, 3.63) is 57.3 Å². The SMILES string of the molecule is Cc1nc(NCCN2CCc3c([nH]c4ccc(Cl)cc34)C2C2CCCO2)ccc1Cl. The van der Waals surface area contributed by atoms with Crippen molar-refractivity contribution in [3.63, 3.8) is 0 Å². The van der Waals surface area contributed by atoms with Crippen molar-refractivity contribution in [1.82, 2.24) is 14.9 Å². The van der Waals surface area contributed by atoms with Crippen molar-refractivity contribution in [2.45, 2.75) is 38.3 Å². The highest BCUT2D eigenvalue weighted by Crippen LogP contribution is 2.40. The van der Waals surface area contributed by atoms with E-state index in [4.69, 9.17) is 27.9 Å². The van der Waals surface area contributed by atoms with Gasteiger partial charge in [-0.2, -0.15) is 0 Å². The maximum Gasteiger partial charge on any atom is 0.126 e. The number of nitrogens with zero attached hydrogens (tertiary/aromatic N) is 2. The van der Waals surface area contributed by atoms with Crippen molar-refractivity contribution < 1.29 is 4.74 Å². The number of aromatic amines is 1. The Labute approximate surface area is 186 Å². The lowest BCUT2D eigenvalue weighted by Gasteiger charge is -2.38. The lowest BCUT2D eigenvalue weighted by atomic mass is 9.92. The predicted molar refractivity (Wildman–Crippen MR) is 123 cm³/mol. The van der Waals surface area contributed by atoms with Crippen LogP contribution in [0.4, 0.5) is 5.82 Å². The number of aromatic nitrogens is 2. The predicted octanol–water partition coefficient (Wildman–Crippen LogP) is 5.37. The standard InChI is InChI=1S/C23H26Cl2N4O/c1-14-18(25)5-7-21(27-14)26-9-11-29-10-8-16-17-13-15(24)4-6-19(17)28-22(16)23(29)20-3-2-12-30-20/h4-7,13,20,23,28H,2-3,8-12H2,1H3,(H,26,27). The molecule has 2 aliphatic heterocycles. The summed E-state index contributed by atoms with van der Waals surface area (Å²) in [6.45, 7) is 5.52. The van der Waals surface area contributed by atoms with Crippen LogP contribution in [0.5, 0.6) is 0 Å². The number of hydrogen-bond donors (Lipinski definition) is 2. The first kappa shape index (κ1) is 20.1. The fourth-order valence-corrected chi connectivity index (χ4v) is 5.11. The number of hydrogen-bond acceptors (Lipinski definition) is 4. The second-order valence-electron chi connectivity index (χ2n) is 8.18. The number of aryl methyl sites for hydroxylation is 1. The molecule has 4 heterocycles. The molecular weight excluding hydrogens is 419 g/mol. The van der Waals surface area contributed by atoms with Crippen molar-refractivity contribution >= 4 is 39.9 Å². The summed E-state index contributed by atoms with van der Waals surface area (Å²) in [5.74, 6) is 0.864. The van der Waals surface area contributed by atoms with Gasteiger partial charge in [0.1, 0.15) is 5.82 Å². The van der Waals surface area contributed by atoms with Gasteiger partial charge >= 0.3 is 0 Å². The minimum absolute atomic E-state index is 0.225. The lowest BCUT2D eigenvalue weighted by molar-refractivity contribution is 0.0178. The van der Waals surface area contributed by atoms with Crippen LogP contribution in [0.3, 0.4) is 0 Å². The average Bonchev–Trinajstić information content (AvgIpc) is 3.38. The molecule has 0 aliphatic carbocycles. The van der Waals surface area contributed by atoms with Gasteiger partial charge in [0, 0.05) is 47.9 Å². The Hall–Kier alpha value is -1.79. The first-order valence-corrected chi connectivity index (χ1v) is 11.4. The van der Waals surface area contributed by atoms with Crippen LogP contribution in [-0.4, -0.2) is 47.2 Å². The maximum atomic E-state index is 6.29. The van der Waals surface area contributed by atoms with Gasteiger partial charge in [0.15, 0.2) is 0 Å². The van der Waals surface area contributed by atoms with Gasteiger partial charge in [-0.15, -0.1) is 0 Å². The van der Waals surface area contributed by atoms with Crippen molar-refractivity contribution in [3.8, 4) is 0 Å². The minimum atomic E-state index is 0.225. The minimum Gasteiger partial charge on any atom is -0.376 e. The van der Waals surface area contributed by atoms with Crippen LogP contribution in [0.2, 0.25) is 10.0 Å². The smallest absolute Gasteiger partial charge is 0.126 e. The van der Waals surface area contributed by atoms with E-state index in [1.165, 1.54) is 16.6 Å². The molecule has 1 fully saturated rings. The second kappa shape index (κ2) is 8.39. The zero-order chi connectivity index (χ0) is 20.7. The highest BCUT2D eigenvalue weighted by atomic mass is 35.5. The van der Waals surface area contributed by atoms with E-state index in [2.05, 4.69) is 32.3 Å². The largest absolute Gasteiger partial charge is 0.376 e. The molecule has 1 saturated heterocycles. The quantitative estimate of drug-likeness (QED) is 0.555. The van der Waals surface area contributed by atoms with Gasteiger partial charge in [-0.1, -0.05) is 23.2 Å². The van der Waals surface area contributed by atoms with E-state index >= 15 is 0 Å². The molecule has 2 N–H and O–H groups in total. The number of pyridine rings is 1. The van der Waals surface area contributed by atoms with Crippen LogP contribution >= 0.6 is 23.2 Å². The molecule has 0 saturated carbocycles. The van der Waals surface area contributed by atoms with Gasteiger partial charge in [0.2, 0.25) is 0 Å². The van der Waals surface area contributed by atoms with E-state index < -0.39 is 0 Å². The van der Waals surface area contributed by atoms with E-state index in [1.54, 1.807) is 0 Å². The number of rotatable bonds is 5. The molecule has 7 heteroatoms. The number of anilines is 1. The molecule has 5 nitrogen and oxygen atoms in total. The second-order valence-corrected chi connectivity index (χ2v) is 9.02. The average molecular weight is 445 g/mol. The van der Waals surface area contributed by atoms with E-state index in [0.717, 1.165) is 67.6 Å². The van der Waals surface area contributed by atoms with E-state index in [-0.39, 0.29) is 12.1 Å². The molecule has 0 radical (unpaired) electrons. The van der Waals surface area contributed by atoms with Gasteiger partial charge in [-0.25, -0.2) is 4.98 Å². The molecule has 158 valence electrons. The van der Waals surface area contributed by atoms with Gasteiger partial charge < -0.3 is 15.0 Å². The van der Waals surface area contributed by atoms with Crippen LogP contribution in [-0.2, 0) is 11.2 Å². The molecular formula is C23H26Cl2N4O. The van der Waals surface area contributed by atoms with Crippen molar-refractivity contribution in [2.24, 2.45) is 0 Å². The number of halogens is 2. The molecule has 0 bridgehead atoms. The first-order valence-electron chi connectivity index (χ1n) is 10.6. The lowest BCUT2D eigenvalue weighted by Crippen LogP contribution is -2.43. The van der Waals surface area contributed by atoms with Gasteiger partial charge in [-0.05, 0) is 62.1 Å². The maximum absolute atomic E-state index is 6.29. The Balaban J connectivity index is 1.38. The monoisotopic (exact) mass is 444 g/mol. The molecule has 3 aromatic rings. The zero-order valence-electron chi connectivity index (χ0n) is 17.0. The number of H-pyrrole nitrogens is 1. The Kier molecular flexibility index (Phi) is 5.63. The van der Waals surface area contributed by atoms with Crippen LogP contribution < -0.4 is 5.32 Å². The summed E-state index contributed by atoms with van der Waals surface area (Å²) >= 11 is 12.4. The molecule has 2 aromatic heterocycles. The molecule has 1 aromatic carbocycles. The molecule has 2 unspecified atom stereocenters. The van der Waals surface area contributed by atoms with E-state index in [1.807, 2.05) is 25.1 Å². The highest BCUT2D eigenvalue weighted by Gasteiger charge is 2.37. The Bertz CT molecular complexity index is 1060. The molecule has 0 spiro atoms. The van der Waals surface area contributed by atoms with Crippen LogP contribution in [0.15, 0.2) is 30.3 Å². The normalized spacial score (nSPS) is 21.8. The molecule has 2 aliphatic rings. The summed E-state index contributed by atoms with van der Waals surface area (Å²) in [5, 5.41) is 6.18. The molecule has 2 atom stereocenters. The summed E-state index contributed by atoms with van der Waals surface area (Å²) in [7, 11) is 0. The molecule has 30 heavy (non-hydrogen) atoms. The van der Waals surface area contributed by atoms with Crippen molar-refractivity contribution in [2.75, 3.05) is 31.6 Å².